The molecular formula is C5H8ClN2O2S-. The lowest BCUT2D eigenvalue weighted by atomic mass is 10.7. The largest absolute Gasteiger partial charge is 1.00 e. The minimum Gasteiger partial charge on any atom is -1.00 e. The van der Waals surface area contributed by atoms with Gasteiger partial charge >= 0.3 is 5.97 Å². The summed E-state index contributed by atoms with van der Waals surface area (Å²) in [6.45, 7) is 1.60. The van der Waals surface area contributed by atoms with Crippen LogP contribution in [-0.4, -0.2) is 35.1 Å². The van der Waals surface area contributed by atoms with Crippen LogP contribution in [-0.2, 0) is 4.79 Å². The number of aliphatic carboxylic acids is 1. The molecule has 0 saturated heterocycles. The molecule has 1 aliphatic heterocycles. The molecule has 0 aromatic heterocycles. The minimum absolute atomic E-state index is 0. The number of carboxylic acid groups (broad SMARTS) is 1. The highest BCUT2D eigenvalue weighted by molar-refractivity contribution is 8.14. The third kappa shape index (κ3) is 4.10. The fourth-order valence-electron chi connectivity index (χ4n) is 0.603. The molecule has 4 nitrogen and oxygen atoms in total. The van der Waals surface area contributed by atoms with Crippen LogP contribution in [0.5, 0.6) is 0 Å². The lowest BCUT2D eigenvalue weighted by molar-refractivity contribution is -0.133. The van der Waals surface area contributed by atoms with E-state index in [1.54, 1.807) is 0 Å². The molecule has 0 atom stereocenters. The van der Waals surface area contributed by atoms with Crippen molar-refractivity contribution in [3.05, 3.63) is 0 Å². The number of nitrogens with one attached hydrogen (secondary N) is 1. The van der Waals surface area contributed by atoms with E-state index in [2.05, 4.69) is 10.3 Å². The van der Waals surface area contributed by atoms with Crippen molar-refractivity contribution in [3.63, 3.8) is 0 Å². The molecule has 0 spiro atoms. The van der Waals surface area contributed by atoms with E-state index in [9.17, 15) is 4.79 Å². The van der Waals surface area contributed by atoms with Gasteiger partial charge in [0.15, 0.2) is 5.17 Å². The van der Waals surface area contributed by atoms with Crippen molar-refractivity contribution in [2.45, 2.75) is 0 Å². The molecule has 0 aliphatic carbocycles. The summed E-state index contributed by atoms with van der Waals surface area (Å²) in [4.78, 5) is 14.1. The zero-order valence-electron chi connectivity index (χ0n) is 5.71. The average Bonchev–Trinajstić information content (AvgIpc) is 2.34. The van der Waals surface area contributed by atoms with Crippen LogP contribution in [0.25, 0.3) is 0 Å². The highest BCUT2D eigenvalue weighted by Gasteiger charge is 2.06. The van der Waals surface area contributed by atoms with Gasteiger partial charge < -0.3 is 22.8 Å². The van der Waals surface area contributed by atoms with Gasteiger partial charge in [0.05, 0.1) is 12.3 Å². The molecule has 0 unspecified atom stereocenters. The molecule has 0 aromatic carbocycles. The minimum atomic E-state index is -0.804. The van der Waals surface area contributed by atoms with Gasteiger partial charge in [-0.2, -0.15) is 0 Å². The predicted octanol–water partition coefficient (Wildman–Crippen LogP) is -3.23. The third-order valence-electron chi connectivity index (χ3n) is 0.976. The fraction of sp³-hybridized carbons (Fsp3) is 0.600. The molecule has 0 amide bonds. The van der Waals surface area contributed by atoms with Crippen LogP contribution in [0.15, 0.2) is 4.99 Å². The van der Waals surface area contributed by atoms with Crippen LogP contribution in [0.1, 0.15) is 0 Å². The Morgan fingerprint density at radius 3 is 3.00 bits per heavy atom. The van der Waals surface area contributed by atoms with E-state index in [4.69, 9.17) is 5.11 Å². The quantitative estimate of drug-likeness (QED) is 0.487. The van der Waals surface area contributed by atoms with Crippen LogP contribution >= 0.6 is 11.8 Å². The molecule has 0 fully saturated rings. The maximum absolute atomic E-state index is 10.1. The molecule has 0 radical (unpaired) electrons. The summed E-state index contributed by atoms with van der Waals surface area (Å²) in [5, 5.41) is 12.0. The Hall–Kier alpha value is -0.420. The van der Waals surface area contributed by atoms with Crippen molar-refractivity contribution >= 4 is 22.9 Å². The Labute approximate surface area is 74.9 Å². The zero-order chi connectivity index (χ0) is 7.40. The van der Waals surface area contributed by atoms with E-state index in [0.717, 1.165) is 18.3 Å². The Bertz CT molecular complexity index is 174. The Morgan fingerprint density at radius 1 is 1.82 bits per heavy atom. The van der Waals surface area contributed by atoms with Crippen LogP contribution in [0, 0.1) is 0 Å². The summed E-state index contributed by atoms with van der Waals surface area (Å²) in [6, 6.07) is 0. The van der Waals surface area contributed by atoms with E-state index in [1.807, 2.05) is 0 Å². The van der Waals surface area contributed by atoms with Crippen molar-refractivity contribution in [1.82, 2.24) is 5.32 Å². The number of nitrogens with zero attached hydrogens (tertiary/aromatic N) is 1. The molecule has 2 N–H and O–H groups in total. The smallest absolute Gasteiger partial charge is 0.313 e. The second-order valence-corrected chi connectivity index (χ2v) is 2.76. The molecule has 1 aliphatic rings. The van der Waals surface area contributed by atoms with Crippen LogP contribution in [0.2, 0.25) is 0 Å². The lowest BCUT2D eigenvalue weighted by Crippen LogP contribution is -3.00. The van der Waals surface area contributed by atoms with Gasteiger partial charge in [-0.05, 0) is 0 Å². The standard InChI is InChI=1S/C5H8N2O2S.ClH/c8-4(9)3-10-5-6-1-2-7-5;/h1-3H2,(H,6,7)(H,8,9);1H/p-1. The van der Waals surface area contributed by atoms with Gasteiger partial charge in [-0.3, -0.25) is 9.79 Å². The van der Waals surface area contributed by atoms with Crippen molar-refractivity contribution in [2.75, 3.05) is 18.8 Å². The number of rotatable bonds is 2. The first-order valence-corrected chi connectivity index (χ1v) is 3.90. The first-order valence-electron chi connectivity index (χ1n) is 2.92. The summed E-state index contributed by atoms with van der Waals surface area (Å²) in [5.74, 6) is -0.715. The second-order valence-electron chi connectivity index (χ2n) is 1.80. The highest BCUT2D eigenvalue weighted by Crippen LogP contribution is 2.03. The summed E-state index contributed by atoms with van der Waals surface area (Å²) in [7, 11) is 0. The number of carboxylic acids is 1. The van der Waals surface area contributed by atoms with Crippen molar-refractivity contribution in [3.8, 4) is 0 Å². The third-order valence-corrected chi connectivity index (χ3v) is 1.91. The maximum Gasteiger partial charge on any atom is 0.313 e. The summed E-state index contributed by atoms with van der Waals surface area (Å²) in [5.41, 5.74) is 0. The monoisotopic (exact) mass is 195 g/mol. The lowest BCUT2D eigenvalue weighted by Gasteiger charge is -1.96. The average molecular weight is 196 g/mol. The van der Waals surface area contributed by atoms with Gasteiger partial charge in [-0.15, -0.1) is 0 Å². The fourth-order valence-corrected chi connectivity index (χ4v) is 1.25. The summed E-state index contributed by atoms with van der Waals surface area (Å²) < 4.78 is 0. The molecule has 0 bridgehead atoms. The van der Waals surface area contributed by atoms with Gasteiger partial charge in [-0.1, -0.05) is 11.8 Å². The van der Waals surface area contributed by atoms with E-state index in [1.165, 1.54) is 11.8 Å². The molecule has 64 valence electrons. The number of hydrogen-bond acceptors (Lipinski definition) is 4. The van der Waals surface area contributed by atoms with Crippen molar-refractivity contribution in [1.29, 1.82) is 0 Å². The number of thioether (sulfide) groups is 1. The van der Waals surface area contributed by atoms with Gasteiger partial charge in [0.1, 0.15) is 0 Å². The SMILES string of the molecule is O=C(O)CSC1=NCCN1.[Cl-]. The molecular weight excluding hydrogens is 188 g/mol. The number of amidine groups is 1. The predicted molar refractivity (Wildman–Crippen MR) is 40.4 cm³/mol. The van der Waals surface area contributed by atoms with Gasteiger partial charge in [0.25, 0.3) is 0 Å². The van der Waals surface area contributed by atoms with Crippen LogP contribution in [0.3, 0.4) is 0 Å². The summed E-state index contributed by atoms with van der Waals surface area (Å²) >= 11 is 1.23. The number of halogens is 1. The van der Waals surface area contributed by atoms with E-state index in [-0.39, 0.29) is 18.2 Å². The topological polar surface area (TPSA) is 61.7 Å². The number of hydrogen-bond donors (Lipinski definition) is 2. The number of carbonyl (C=O) groups is 1. The highest BCUT2D eigenvalue weighted by atomic mass is 35.5. The van der Waals surface area contributed by atoms with E-state index < -0.39 is 5.97 Å². The van der Waals surface area contributed by atoms with Crippen LogP contribution < -0.4 is 17.7 Å². The summed E-state index contributed by atoms with van der Waals surface area (Å²) in [6.07, 6.45) is 0. The maximum atomic E-state index is 10.1. The molecule has 11 heavy (non-hydrogen) atoms. The Balaban J connectivity index is 0.000001000. The Kier molecular flexibility index (Phi) is 5.06. The molecule has 0 aromatic rings. The first-order chi connectivity index (χ1) is 4.79. The van der Waals surface area contributed by atoms with E-state index >= 15 is 0 Å². The van der Waals surface area contributed by atoms with Crippen molar-refractivity contribution in [2.24, 2.45) is 4.99 Å². The van der Waals surface area contributed by atoms with Gasteiger partial charge in [-0.25, -0.2) is 0 Å². The molecule has 6 heteroatoms. The molecule has 1 rings (SSSR count). The van der Waals surface area contributed by atoms with Crippen LogP contribution in [0.4, 0.5) is 0 Å². The Morgan fingerprint density at radius 2 is 2.55 bits per heavy atom. The van der Waals surface area contributed by atoms with E-state index in [0.29, 0.717) is 0 Å². The van der Waals surface area contributed by atoms with Gasteiger partial charge in [0, 0.05) is 6.54 Å². The molecule has 1 heterocycles. The second kappa shape index (κ2) is 5.26. The normalized spacial score (nSPS) is 14.7. The van der Waals surface area contributed by atoms with Gasteiger partial charge in [0.2, 0.25) is 0 Å². The van der Waals surface area contributed by atoms with Crippen molar-refractivity contribution < 1.29 is 22.3 Å². The first kappa shape index (κ1) is 10.6. The molecule has 0 saturated carbocycles. The number of aliphatic imine (C=N–C) groups is 1. The zero-order valence-corrected chi connectivity index (χ0v) is 7.28.